The minimum absolute atomic E-state index is 0.0722. The third-order valence-electron chi connectivity index (χ3n) is 5.80. The van der Waals surface area contributed by atoms with Crippen molar-refractivity contribution in [1.29, 1.82) is 0 Å². The molecule has 31 heavy (non-hydrogen) atoms. The maximum Gasteiger partial charge on any atom is 0.251 e. The number of ether oxygens (including phenoxy) is 1. The van der Waals surface area contributed by atoms with Gasteiger partial charge in [0.05, 0.1) is 6.54 Å². The lowest BCUT2D eigenvalue weighted by Crippen LogP contribution is -2.31. The Balaban J connectivity index is 1.64. The van der Waals surface area contributed by atoms with Crippen molar-refractivity contribution in [1.82, 2.24) is 4.57 Å². The fourth-order valence-electron chi connectivity index (χ4n) is 4.14. The van der Waals surface area contributed by atoms with Gasteiger partial charge in [0, 0.05) is 42.5 Å². The van der Waals surface area contributed by atoms with Crippen molar-refractivity contribution in [2.45, 2.75) is 38.3 Å². The molecule has 1 aliphatic heterocycles. The summed E-state index contributed by atoms with van der Waals surface area (Å²) >= 11 is 0. The summed E-state index contributed by atoms with van der Waals surface area (Å²) < 4.78 is 35.5. The van der Waals surface area contributed by atoms with Crippen LogP contribution in [-0.2, 0) is 16.9 Å². The number of pyridine rings is 1. The number of nitrogens with zero attached hydrogens (tertiary/aromatic N) is 1. The summed E-state index contributed by atoms with van der Waals surface area (Å²) in [6.45, 7) is 2.59. The molecule has 1 saturated heterocycles. The average Bonchev–Trinajstić information content (AvgIpc) is 3.26. The molecule has 4 rings (SSSR count). The van der Waals surface area contributed by atoms with E-state index >= 15 is 0 Å². The third-order valence-corrected chi connectivity index (χ3v) is 5.80. The first kappa shape index (κ1) is 21.1. The number of halogens is 2. The highest BCUT2D eigenvalue weighted by atomic mass is 19.1. The molecule has 4 nitrogen and oxygen atoms in total. The van der Waals surface area contributed by atoms with Crippen LogP contribution in [0.4, 0.5) is 8.78 Å². The zero-order chi connectivity index (χ0) is 22.0. The standard InChI is InChI=1S/C25H23F2NO3/c1-2-23(29)18-6-4-17(5-7-18)16-28-12-10-19(14-24(28)30)25(11-3-13-31-25)21-9-8-20(26)15-22(21)27/h4-10,12,14-15H,2-3,11,13,16H2,1H3. The molecule has 0 bridgehead atoms. The van der Waals surface area contributed by atoms with Crippen LogP contribution in [0.2, 0.25) is 0 Å². The molecule has 0 amide bonds. The number of hydrogen-bond donors (Lipinski definition) is 0. The third kappa shape index (κ3) is 4.08. The molecule has 1 unspecified atom stereocenters. The van der Waals surface area contributed by atoms with Crippen LogP contribution >= 0.6 is 0 Å². The van der Waals surface area contributed by atoms with Crippen molar-refractivity contribution < 1.29 is 18.3 Å². The van der Waals surface area contributed by atoms with E-state index in [4.69, 9.17) is 4.74 Å². The molecule has 1 aliphatic rings. The molecule has 3 aromatic rings. The summed E-state index contributed by atoms with van der Waals surface area (Å²) in [6.07, 6.45) is 3.32. The number of ketones is 1. The topological polar surface area (TPSA) is 48.3 Å². The Hall–Kier alpha value is -3.12. The maximum atomic E-state index is 14.6. The number of Topliss-reactive ketones (excluding diaryl/α,β-unsaturated/α-hetero) is 1. The minimum Gasteiger partial charge on any atom is -0.365 e. The van der Waals surface area contributed by atoms with Gasteiger partial charge in [-0.05, 0) is 42.2 Å². The molecule has 1 aromatic heterocycles. The lowest BCUT2D eigenvalue weighted by Gasteiger charge is -2.30. The smallest absolute Gasteiger partial charge is 0.251 e. The van der Waals surface area contributed by atoms with Gasteiger partial charge in [-0.2, -0.15) is 0 Å². The fraction of sp³-hybridized carbons (Fsp3) is 0.280. The van der Waals surface area contributed by atoms with Crippen LogP contribution in [0.25, 0.3) is 0 Å². The predicted octanol–water partition coefficient (Wildman–Crippen LogP) is 4.82. The molecule has 0 aliphatic carbocycles. The lowest BCUT2D eigenvalue weighted by atomic mass is 9.84. The molecule has 2 aromatic carbocycles. The van der Waals surface area contributed by atoms with E-state index in [1.807, 2.05) is 19.1 Å². The van der Waals surface area contributed by atoms with Crippen molar-refractivity contribution in [2.24, 2.45) is 0 Å². The number of carbonyl (C=O) groups is 1. The fourth-order valence-corrected chi connectivity index (χ4v) is 4.14. The highest BCUT2D eigenvalue weighted by molar-refractivity contribution is 5.95. The van der Waals surface area contributed by atoms with Gasteiger partial charge in [-0.25, -0.2) is 8.78 Å². The molecule has 1 atom stereocenters. The van der Waals surface area contributed by atoms with Crippen molar-refractivity contribution in [2.75, 3.05) is 6.61 Å². The van der Waals surface area contributed by atoms with Crippen LogP contribution in [-0.4, -0.2) is 17.0 Å². The second-order valence-corrected chi connectivity index (χ2v) is 7.76. The van der Waals surface area contributed by atoms with E-state index in [0.29, 0.717) is 43.5 Å². The first-order chi connectivity index (χ1) is 14.9. The quantitative estimate of drug-likeness (QED) is 0.534. The zero-order valence-electron chi connectivity index (χ0n) is 17.2. The van der Waals surface area contributed by atoms with E-state index in [-0.39, 0.29) is 16.9 Å². The Labute approximate surface area is 179 Å². The van der Waals surface area contributed by atoms with Crippen LogP contribution in [0.3, 0.4) is 0 Å². The minimum atomic E-state index is -1.10. The second-order valence-electron chi connectivity index (χ2n) is 7.76. The van der Waals surface area contributed by atoms with Gasteiger partial charge in [0.25, 0.3) is 5.56 Å². The summed E-state index contributed by atoms with van der Waals surface area (Å²) in [5.74, 6) is -1.27. The summed E-state index contributed by atoms with van der Waals surface area (Å²) in [5, 5.41) is 0. The van der Waals surface area contributed by atoms with Gasteiger partial charge < -0.3 is 9.30 Å². The van der Waals surface area contributed by atoms with Crippen molar-refractivity contribution in [3.05, 3.63) is 105 Å². The highest BCUT2D eigenvalue weighted by Crippen LogP contribution is 2.42. The van der Waals surface area contributed by atoms with Gasteiger partial charge in [0.15, 0.2) is 5.78 Å². The van der Waals surface area contributed by atoms with Gasteiger partial charge in [-0.1, -0.05) is 31.2 Å². The first-order valence-corrected chi connectivity index (χ1v) is 10.4. The second kappa shape index (κ2) is 8.55. The highest BCUT2D eigenvalue weighted by Gasteiger charge is 2.41. The van der Waals surface area contributed by atoms with E-state index in [1.54, 1.807) is 29.0 Å². The number of benzene rings is 2. The Morgan fingerprint density at radius 3 is 2.48 bits per heavy atom. The van der Waals surface area contributed by atoms with Gasteiger partial charge in [0.1, 0.15) is 17.2 Å². The molecule has 160 valence electrons. The van der Waals surface area contributed by atoms with Gasteiger partial charge in [-0.15, -0.1) is 0 Å². The molecule has 0 N–H and O–H groups in total. The number of aromatic nitrogens is 1. The van der Waals surface area contributed by atoms with Crippen LogP contribution in [0.1, 0.15) is 53.2 Å². The van der Waals surface area contributed by atoms with E-state index in [2.05, 4.69) is 0 Å². The Morgan fingerprint density at radius 1 is 1.10 bits per heavy atom. The summed E-state index contributed by atoms with van der Waals surface area (Å²) in [4.78, 5) is 24.6. The molecule has 1 fully saturated rings. The Morgan fingerprint density at radius 2 is 1.87 bits per heavy atom. The Bertz CT molecular complexity index is 1160. The van der Waals surface area contributed by atoms with Crippen LogP contribution in [0.15, 0.2) is 65.6 Å². The molecule has 0 spiro atoms. The van der Waals surface area contributed by atoms with Crippen molar-refractivity contribution in [3.63, 3.8) is 0 Å². The zero-order valence-corrected chi connectivity index (χ0v) is 17.2. The maximum absolute atomic E-state index is 14.6. The van der Waals surface area contributed by atoms with E-state index < -0.39 is 17.2 Å². The van der Waals surface area contributed by atoms with E-state index in [1.165, 1.54) is 18.2 Å². The molecular formula is C25H23F2NO3. The van der Waals surface area contributed by atoms with E-state index in [0.717, 1.165) is 11.6 Å². The molecule has 6 heteroatoms. The van der Waals surface area contributed by atoms with Gasteiger partial charge in [-0.3, -0.25) is 9.59 Å². The first-order valence-electron chi connectivity index (χ1n) is 10.4. The van der Waals surface area contributed by atoms with Gasteiger partial charge >= 0.3 is 0 Å². The number of hydrogen-bond acceptors (Lipinski definition) is 3. The summed E-state index contributed by atoms with van der Waals surface area (Å²) in [7, 11) is 0. The van der Waals surface area contributed by atoms with Crippen LogP contribution in [0.5, 0.6) is 0 Å². The Kier molecular flexibility index (Phi) is 5.83. The van der Waals surface area contributed by atoms with Gasteiger partial charge in [0.2, 0.25) is 0 Å². The normalized spacial score (nSPS) is 18.3. The van der Waals surface area contributed by atoms with Crippen molar-refractivity contribution >= 4 is 5.78 Å². The SMILES string of the molecule is CCC(=O)c1ccc(Cn2ccc(C3(c4ccc(F)cc4F)CCCO3)cc2=O)cc1. The number of rotatable bonds is 6. The van der Waals surface area contributed by atoms with Crippen LogP contribution in [0, 0.1) is 11.6 Å². The van der Waals surface area contributed by atoms with E-state index in [9.17, 15) is 18.4 Å². The largest absolute Gasteiger partial charge is 0.365 e. The lowest BCUT2D eigenvalue weighted by molar-refractivity contribution is 0.0328. The number of carbonyl (C=O) groups excluding carboxylic acids is 1. The average molecular weight is 423 g/mol. The molecule has 0 saturated carbocycles. The van der Waals surface area contributed by atoms with Crippen molar-refractivity contribution in [3.8, 4) is 0 Å². The molecule has 2 heterocycles. The monoisotopic (exact) mass is 423 g/mol. The predicted molar refractivity (Wildman–Crippen MR) is 113 cm³/mol. The molecular weight excluding hydrogens is 400 g/mol. The van der Waals surface area contributed by atoms with Crippen LogP contribution < -0.4 is 5.56 Å². The summed E-state index contributed by atoms with van der Waals surface area (Å²) in [5.41, 5.74) is 0.983. The molecule has 0 radical (unpaired) electrons. The summed E-state index contributed by atoms with van der Waals surface area (Å²) in [6, 6.07) is 13.8.